The fraction of sp³-hybridized carbons (Fsp3) is 0.517. The lowest BCUT2D eigenvalue weighted by Gasteiger charge is -2.29. The molecule has 2 amide bonds. The Balaban J connectivity index is 1.57. The van der Waals surface area contributed by atoms with Crippen molar-refractivity contribution in [3.05, 3.63) is 75.3 Å². The van der Waals surface area contributed by atoms with Crippen molar-refractivity contribution in [1.29, 1.82) is 0 Å². The summed E-state index contributed by atoms with van der Waals surface area (Å²) in [7, 11) is 0. The van der Waals surface area contributed by atoms with Gasteiger partial charge in [0.05, 0.1) is 23.0 Å². The average molecular weight is 524 g/mol. The normalized spacial score (nSPS) is 19.5. The SMILES string of the molecule is CC(C)(C)OC(=O)N[C@@H](Cc1ccc([N+](=O)[O-])cc1)C1CN(C2(c3cccc(C(C)(C)C)c3)CC2)C(=O)O1. The number of alkyl carbamates (subject to hydrolysis) is 1. The van der Waals surface area contributed by atoms with Gasteiger partial charge in [-0.1, -0.05) is 57.2 Å². The number of nitro groups is 1. The van der Waals surface area contributed by atoms with Crippen LogP contribution in [-0.4, -0.2) is 46.3 Å². The molecule has 0 spiro atoms. The van der Waals surface area contributed by atoms with E-state index in [1.807, 2.05) is 6.07 Å². The molecule has 1 saturated heterocycles. The van der Waals surface area contributed by atoms with Crippen LogP contribution in [0.1, 0.15) is 71.1 Å². The number of carbonyl (C=O) groups excluding carboxylic acids is 2. The molecule has 2 atom stereocenters. The first-order valence-corrected chi connectivity index (χ1v) is 13.0. The molecule has 2 aliphatic rings. The van der Waals surface area contributed by atoms with Crippen molar-refractivity contribution in [3.63, 3.8) is 0 Å². The molecule has 2 aromatic rings. The van der Waals surface area contributed by atoms with Crippen LogP contribution in [0.15, 0.2) is 48.5 Å². The number of nitrogens with one attached hydrogen (secondary N) is 1. The molecule has 0 bridgehead atoms. The summed E-state index contributed by atoms with van der Waals surface area (Å²) in [6.45, 7) is 12.1. The number of non-ortho nitro benzene ring substituents is 1. The third kappa shape index (κ3) is 6.09. The monoisotopic (exact) mass is 523 g/mol. The van der Waals surface area contributed by atoms with Crippen molar-refractivity contribution in [2.24, 2.45) is 0 Å². The van der Waals surface area contributed by atoms with E-state index in [1.54, 1.807) is 37.8 Å². The first-order valence-electron chi connectivity index (χ1n) is 13.0. The summed E-state index contributed by atoms with van der Waals surface area (Å²) in [5.41, 5.74) is 1.91. The molecule has 1 aliphatic carbocycles. The van der Waals surface area contributed by atoms with E-state index in [1.165, 1.54) is 17.7 Å². The van der Waals surface area contributed by atoms with E-state index in [0.29, 0.717) is 13.0 Å². The van der Waals surface area contributed by atoms with Crippen LogP contribution in [0.25, 0.3) is 0 Å². The van der Waals surface area contributed by atoms with E-state index in [0.717, 1.165) is 24.0 Å². The summed E-state index contributed by atoms with van der Waals surface area (Å²) in [5, 5.41) is 13.9. The van der Waals surface area contributed by atoms with Crippen LogP contribution < -0.4 is 5.32 Å². The second-order valence-corrected chi connectivity index (χ2v) is 12.3. The highest BCUT2D eigenvalue weighted by Crippen LogP contribution is 2.53. The highest BCUT2D eigenvalue weighted by atomic mass is 16.6. The first-order chi connectivity index (χ1) is 17.7. The van der Waals surface area contributed by atoms with Crippen LogP contribution in [-0.2, 0) is 26.8 Å². The van der Waals surface area contributed by atoms with Crippen molar-refractivity contribution < 1.29 is 24.0 Å². The minimum absolute atomic E-state index is 0.0166. The zero-order valence-electron chi connectivity index (χ0n) is 22.9. The van der Waals surface area contributed by atoms with Gasteiger partial charge in [0.15, 0.2) is 0 Å². The Morgan fingerprint density at radius 1 is 1.16 bits per heavy atom. The van der Waals surface area contributed by atoms with Crippen LogP contribution in [0.2, 0.25) is 0 Å². The van der Waals surface area contributed by atoms with Gasteiger partial charge in [-0.05, 0) is 62.1 Å². The third-order valence-corrected chi connectivity index (χ3v) is 7.10. The van der Waals surface area contributed by atoms with Gasteiger partial charge in [-0.2, -0.15) is 0 Å². The zero-order valence-corrected chi connectivity index (χ0v) is 22.9. The molecule has 4 rings (SSSR count). The summed E-state index contributed by atoms with van der Waals surface area (Å²) in [5.74, 6) is 0. The number of ether oxygens (including phenoxy) is 2. The number of hydrogen-bond donors (Lipinski definition) is 1. The molecule has 1 aliphatic heterocycles. The molecule has 0 radical (unpaired) electrons. The predicted octanol–water partition coefficient (Wildman–Crippen LogP) is 5.84. The number of nitrogens with zero attached hydrogens (tertiary/aromatic N) is 2. The minimum Gasteiger partial charge on any atom is -0.444 e. The molecule has 1 unspecified atom stereocenters. The average Bonchev–Trinajstić information content (AvgIpc) is 3.53. The molecule has 9 heteroatoms. The van der Waals surface area contributed by atoms with Gasteiger partial charge < -0.3 is 14.8 Å². The van der Waals surface area contributed by atoms with Gasteiger partial charge in [0.25, 0.3) is 5.69 Å². The van der Waals surface area contributed by atoms with Gasteiger partial charge in [0, 0.05) is 12.1 Å². The highest BCUT2D eigenvalue weighted by Gasteiger charge is 2.56. The lowest BCUT2D eigenvalue weighted by molar-refractivity contribution is -0.384. The van der Waals surface area contributed by atoms with Crippen LogP contribution in [0.5, 0.6) is 0 Å². The Labute approximate surface area is 223 Å². The minimum atomic E-state index is -0.698. The van der Waals surface area contributed by atoms with Gasteiger partial charge in [0.2, 0.25) is 0 Å². The second-order valence-electron chi connectivity index (χ2n) is 12.3. The number of hydrogen-bond acceptors (Lipinski definition) is 6. The Morgan fingerprint density at radius 2 is 1.82 bits per heavy atom. The van der Waals surface area contributed by atoms with Crippen molar-refractivity contribution in [2.75, 3.05) is 6.54 Å². The molecular formula is C29H37N3O6. The van der Waals surface area contributed by atoms with E-state index >= 15 is 0 Å². The van der Waals surface area contributed by atoms with Crippen LogP contribution in [0, 0.1) is 10.1 Å². The fourth-order valence-corrected chi connectivity index (χ4v) is 4.89. The van der Waals surface area contributed by atoms with Crippen molar-refractivity contribution in [2.45, 2.75) is 89.5 Å². The predicted molar refractivity (Wildman–Crippen MR) is 143 cm³/mol. The van der Waals surface area contributed by atoms with Crippen molar-refractivity contribution >= 4 is 17.9 Å². The van der Waals surface area contributed by atoms with Gasteiger partial charge >= 0.3 is 12.2 Å². The Hall–Kier alpha value is -3.62. The van der Waals surface area contributed by atoms with E-state index in [2.05, 4.69) is 44.3 Å². The maximum Gasteiger partial charge on any atom is 0.411 e. The zero-order chi connectivity index (χ0) is 27.9. The van der Waals surface area contributed by atoms with E-state index in [9.17, 15) is 19.7 Å². The van der Waals surface area contributed by atoms with E-state index in [4.69, 9.17) is 9.47 Å². The molecule has 0 aromatic heterocycles. The quantitative estimate of drug-likeness (QED) is 0.361. The molecule has 9 nitrogen and oxygen atoms in total. The Morgan fingerprint density at radius 3 is 2.37 bits per heavy atom. The Bertz CT molecular complexity index is 1210. The second kappa shape index (κ2) is 9.93. The number of benzene rings is 2. The van der Waals surface area contributed by atoms with E-state index < -0.39 is 40.4 Å². The molecular weight excluding hydrogens is 486 g/mol. The van der Waals surface area contributed by atoms with Crippen LogP contribution in [0.4, 0.5) is 15.3 Å². The molecule has 2 aromatic carbocycles. The van der Waals surface area contributed by atoms with Gasteiger partial charge in [-0.3, -0.25) is 15.0 Å². The first kappa shape index (κ1) is 27.4. The summed E-state index contributed by atoms with van der Waals surface area (Å²) in [6.07, 6.45) is 0.360. The highest BCUT2D eigenvalue weighted by molar-refractivity contribution is 5.73. The maximum atomic E-state index is 13.2. The maximum absolute atomic E-state index is 13.2. The Kier molecular flexibility index (Phi) is 7.16. The molecule has 1 saturated carbocycles. The molecule has 1 N–H and O–H groups in total. The number of rotatable bonds is 7. The van der Waals surface area contributed by atoms with Crippen molar-refractivity contribution in [3.8, 4) is 0 Å². The van der Waals surface area contributed by atoms with Gasteiger partial charge in [-0.25, -0.2) is 9.59 Å². The smallest absolute Gasteiger partial charge is 0.411 e. The molecule has 38 heavy (non-hydrogen) atoms. The van der Waals surface area contributed by atoms with Crippen LogP contribution in [0.3, 0.4) is 0 Å². The summed E-state index contributed by atoms with van der Waals surface area (Å²) in [6, 6.07) is 14.0. The largest absolute Gasteiger partial charge is 0.444 e. The lowest BCUT2D eigenvalue weighted by atomic mass is 9.85. The van der Waals surface area contributed by atoms with Gasteiger partial charge in [-0.15, -0.1) is 0 Å². The summed E-state index contributed by atoms with van der Waals surface area (Å²) < 4.78 is 11.3. The number of carbonyl (C=O) groups is 2. The number of cyclic esters (lactones) is 1. The van der Waals surface area contributed by atoms with E-state index in [-0.39, 0.29) is 11.1 Å². The molecule has 1 heterocycles. The fourth-order valence-electron chi connectivity index (χ4n) is 4.89. The number of amides is 2. The topological polar surface area (TPSA) is 111 Å². The summed E-state index contributed by atoms with van der Waals surface area (Å²) >= 11 is 0. The van der Waals surface area contributed by atoms with Crippen molar-refractivity contribution in [1.82, 2.24) is 10.2 Å². The summed E-state index contributed by atoms with van der Waals surface area (Å²) in [4.78, 5) is 38.3. The van der Waals surface area contributed by atoms with Crippen LogP contribution >= 0.6 is 0 Å². The van der Waals surface area contributed by atoms with Gasteiger partial charge in [0.1, 0.15) is 11.7 Å². The molecule has 204 valence electrons. The lowest BCUT2D eigenvalue weighted by Crippen LogP contribution is -2.48. The molecule has 2 fully saturated rings. The standard InChI is InChI=1S/C29H37N3O6/c1-27(2,3)20-8-7-9-21(17-20)29(14-15-29)31-18-24(37-26(31)34)23(30-25(33)38-28(4,5)6)16-19-10-12-22(13-11-19)32(35)36/h7-13,17,23-24H,14-16,18H2,1-6H3,(H,30,33)/t23-,24?/m0/s1. The number of nitro benzene ring substituents is 1. The third-order valence-electron chi connectivity index (χ3n) is 7.10.